The monoisotopic (exact) mass is 359 g/mol. The molecule has 0 saturated carbocycles. The van der Waals surface area contributed by atoms with Gasteiger partial charge in [0.05, 0.1) is 19.3 Å². The van der Waals surface area contributed by atoms with E-state index in [0.29, 0.717) is 18.9 Å². The lowest BCUT2D eigenvalue weighted by Crippen LogP contribution is -2.43. The van der Waals surface area contributed by atoms with Gasteiger partial charge < -0.3 is 15.4 Å². The molecule has 1 unspecified atom stereocenters. The number of nitrogens with one attached hydrogen (secondary N) is 2. The minimum atomic E-state index is 0.189. The molecule has 1 aromatic carbocycles. The zero-order valence-electron chi connectivity index (χ0n) is 16.0. The number of ether oxygens (including phenoxy) is 1. The fourth-order valence-corrected chi connectivity index (χ4v) is 4.03. The van der Waals surface area contributed by atoms with Crippen molar-refractivity contribution in [1.29, 1.82) is 0 Å². The number of hydrogen-bond acceptors (Lipinski definition) is 4. The van der Waals surface area contributed by atoms with Gasteiger partial charge in [0, 0.05) is 26.1 Å². The van der Waals surface area contributed by atoms with E-state index in [-0.39, 0.29) is 11.9 Å². The Balaban J connectivity index is 1.54. The van der Waals surface area contributed by atoms with Crippen LogP contribution in [0.25, 0.3) is 0 Å². The second-order valence-corrected chi connectivity index (χ2v) is 7.61. The summed E-state index contributed by atoms with van der Waals surface area (Å²) in [4.78, 5) is 14.8. The number of aryl methyl sites for hydroxylation is 1. The van der Waals surface area contributed by atoms with Gasteiger partial charge in [0.25, 0.3) is 0 Å². The summed E-state index contributed by atoms with van der Waals surface area (Å²) in [5, 5.41) is 6.59. The van der Waals surface area contributed by atoms with Crippen LogP contribution in [0.2, 0.25) is 0 Å². The Kier molecular flexibility index (Phi) is 7.47. The molecule has 2 saturated heterocycles. The largest absolute Gasteiger partial charge is 0.379 e. The highest BCUT2D eigenvalue weighted by atomic mass is 16.5. The van der Waals surface area contributed by atoms with Crippen molar-refractivity contribution >= 4 is 5.91 Å². The predicted octanol–water partition coefficient (Wildman–Crippen LogP) is 2.26. The summed E-state index contributed by atoms with van der Waals surface area (Å²) in [6.45, 7) is 8.37. The van der Waals surface area contributed by atoms with Gasteiger partial charge in [-0.1, -0.05) is 29.8 Å². The fourth-order valence-electron chi connectivity index (χ4n) is 4.03. The molecule has 5 nitrogen and oxygen atoms in total. The highest BCUT2D eigenvalue weighted by Crippen LogP contribution is 2.22. The standard InChI is InChI=1S/C21H33N3O2/c1-17-3-2-4-19(15-17)20(24-11-13-26-14-12-24)16-23-21(25)6-5-18-7-9-22-10-8-18/h2-4,15,18,20,22H,5-14,16H2,1H3,(H,23,25). The molecule has 144 valence electrons. The average molecular weight is 360 g/mol. The molecule has 0 aromatic heterocycles. The van der Waals surface area contributed by atoms with Gasteiger partial charge in [-0.3, -0.25) is 9.69 Å². The van der Waals surface area contributed by atoms with Crippen LogP contribution in [-0.2, 0) is 9.53 Å². The van der Waals surface area contributed by atoms with Crippen LogP contribution in [0.4, 0.5) is 0 Å². The van der Waals surface area contributed by atoms with E-state index in [2.05, 4.69) is 46.7 Å². The van der Waals surface area contributed by atoms with Crippen LogP contribution in [0.3, 0.4) is 0 Å². The van der Waals surface area contributed by atoms with Crippen LogP contribution in [0.5, 0.6) is 0 Å². The van der Waals surface area contributed by atoms with Gasteiger partial charge in [0.1, 0.15) is 0 Å². The Bertz CT molecular complexity index is 566. The quantitative estimate of drug-likeness (QED) is 0.784. The molecule has 3 rings (SSSR count). The Hall–Kier alpha value is -1.43. The van der Waals surface area contributed by atoms with Crippen LogP contribution in [-0.4, -0.2) is 56.7 Å². The molecular formula is C21H33N3O2. The van der Waals surface area contributed by atoms with Crippen LogP contribution < -0.4 is 10.6 Å². The summed E-state index contributed by atoms with van der Waals surface area (Å²) in [6.07, 6.45) is 4.06. The highest BCUT2D eigenvalue weighted by molar-refractivity contribution is 5.75. The Morgan fingerprint density at radius 3 is 2.81 bits per heavy atom. The van der Waals surface area contributed by atoms with E-state index in [1.54, 1.807) is 0 Å². The van der Waals surface area contributed by atoms with E-state index in [1.165, 1.54) is 24.0 Å². The molecule has 2 fully saturated rings. The molecule has 0 radical (unpaired) electrons. The number of nitrogens with zero attached hydrogens (tertiary/aromatic N) is 1. The van der Waals surface area contributed by atoms with Crippen LogP contribution in [0.15, 0.2) is 24.3 Å². The maximum Gasteiger partial charge on any atom is 0.220 e. The summed E-state index contributed by atoms with van der Waals surface area (Å²) in [5.41, 5.74) is 2.54. The lowest BCUT2D eigenvalue weighted by atomic mass is 9.93. The van der Waals surface area contributed by atoms with E-state index in [4.69, 9.17) is 4.74 Å². The first-order valence-electron chi connectivity index (χ1n) is 10.1. The zero-order valence-corrected chi connectivity index (χ0v) is 16.0. The molecule has 0 aliphatic carbocycles. The number of morpholine rings is 1. The lowest BCUT2D eigenvalue weighted by molar-refractivity contribution is -0.121. The number of benzene rings is 1. The SMILES string of the molecule is Cc1cccc(C(CNC(=O)CCC2CCNCC2)N2CCOCC2)c1. The van der Waals surface area contributed by atoms with Gasteiger partial charge in [-0.25, -0.2) is 0 Å². The Labute approximate surface area is 157 Å². The second-order valence-electron chi connectivity index (χ2n) is 7.61. The predicted molar refractivity (Wildman–Crippen MR) is 104 cm³/mol. The molecular weight excluding hydrogens is 326 g/mol. The third-order valence-electron chi connectivity index (χ3n) is 5.64. The third-order valence-corrected chi connectivity index (χ3v) is 5.64. The van der Waals surface area contributed by atoms with E-state index >= 15 is 0 Å². The molecule has 5 heteroatoms. The van der Waals surface area contributed by atoms with Crippen LogP contribution >= 0.6 is 0 Å². The molecule has 0 bridgehead atoms. The molecule has 2 heterocycles. The molecule has 2 aliphatic heterocycles. The normalized spacial score (nSPS) is 20.7. The first-order valence-corrected chi connectivity index (χ1v) is 10.1. The number of carbonyl (C=O) groups excluding carboxylic acids is 1. The van der Waals surface area contributed by atoms with Gasteiger partial charge in [0.15, 0.2) is 0 Å². The topological polar surface area (TPSA) is 53.6 Å². The molecule has 2 N–H and O–H groups in total. The van der Waals surface area contributed by atoms with Gasteiger partial charge in [-0.2, -0.15) is 0 Å². The van der Waals surface area contributed by atoms with Gasteiger partial charge in [0.2, 0.25) is 5.91 Å². The van der Waals surface area contributed by atoms with Crippen molar-refractivity contribution in [2.75, 3.05) is 45.9 Å². The summed E-state index contributed by atoms with van der Waals surface area (Å²) in [6, 6.07) is 8.87. The maximum atomic E-state index is 12.4. The molecule has 26 heavy (non-hydrogen) atoms. The number of piperidine rings is 1. The fraction of sp³-hybridized carbons (Fsp3) is 0.667. The smallest absolute Gasteiger partial charge is 0.220 e. The van der Waals surface area contributed by atoms with Crippen molar-refractivity contribution in [1.82, 2.24) is 15.5 Å². The van der Waals surface area contributed by atoms with Crippen molar-refractivity contribution in [2.24, 2.45) is 5.92 Å². The lowest BCUT2D eigenvalue weighted by Gasteiger charge is -2.35. The summed E-state index contributed by atoms with van der Waals surface area (Å²) in [5.74, 6) is 0.892. The molecule has 1 atom stereocenters. The molecule has 2 aliphatic rings. The highest BCUT2D eigenvalue weighted by Gasteiger charge is 2.23. The minimum Gasteiger partial charge on any atom is -0.379 e. The van der Waals surface area contributed by atoms with Crippen LogP contribution in [0.1, 0.15) is 42.9 Å². The minimum absolute atomic E-state index is 0.189. The van der Waals surface area contributed by atoms with Crippen molar-refractivity contribution in [3.63, 3.8) is 0 Å². The van der Waals surface area contributed by atoms with Crippen molar-refractivity contribution in [2.45, 2.75) is 38.6 Å². The number of rotatable bonds is 7. The maximum absolute atomic E-state index is 12.4. The van der Waals surface area contributed by atoms with Gasteiger partial charge in [-0.15, -0.1) is 0 Å². The first-order chi connectivity index (χ1) is 12.7. The first kappa shape index (κ1) is 19.3. The van der Waals surface area contributed by atoms with Crippen LogP contribution in [0, 0.1) is 12.8 Å². The molecule has 0 spiro atoms. The molecule has 1 aromatic rings. The van der Waals surface area contributed by atoms with E-state index in [9.17, 15) is 4.79 Å². The van der Waals surface area contributed by atoms with E-state index < -0.39 is 0 Å². The van der Waals surface area contributed by atoms with E-state index in [1.807, 2.05) is 0 Å². The van der Waals surface area contributed by atoms with Crippen molar-refractivity contribution in [3.8, 4) is 0 Å². The van der Waals surface area contributed by atoms with Gasteiger partial charge in [-0.05, 0) is 50.8 Å². The Morgan fingerprint density at radius 2 is 2.08 bits per heavy atom. The zero-order chi connectivity index (χ0) is 18.2. The second kappa shape index (κ2) is 10.0. The number of carbonyl (C=O) groups is 1. The third kappa shape index (κ3) is 5.79. The summed E-state index contributed by atoms with van der Waals surface area (Å²) >= 11 is 0. The van der Waals surface area contributed by atoms with E-state index in [0.717, 1.165) is 45.8 Å². The Morgan fingerprint density at radius 1 is 1.31 bits per heavy atom. The average Bonchev–Trinajstić information content (AvgIpc) is 2.68. The number of hydrogen-bond donors (Lipinski definition) is 2. The summed E-state index contributed by atoms with van der Waals surface area (Å²) in [7, 11) is 0. The summed E-state index contributed by atoms with van der Waals surface area (Å²) < 4.78 is 5.51. The van der Waals surface area contributed by atoms with Crippen molar-refractivity contribution < 1.29 is 9.53 Å². The number of amides is 1. The van der Waals surface area contributed by atoms with Crippen molar-refractivity contribution in [3.05, 3.63) is 35.4 Å². The molecule has 1 amide bonds. The van der Waals surface area contributed by atoms with Gasteiger partial charge >= 0.3 is 0 Å².